The maximum absolute atomic E-state index is 11.9. The molecule has 0 bridgehead atoms. The highest BCUT2D eigenvalue weighted by Gasteiger charge is 2.27. The molecule has 11 heteroatoms. The number of nitrogens with zero attached hydrogens (tertiary/aromatic N) is 3. The average Bonchev–Trinajstić information content (AvgIpc) is 3.06. The lowest BCUT2D eigenvalue weighted by molar-refractivity contribution is -0.246. The van der Waals surface area contributed by atoms with Crippen LogP contribution in [0.5, 0.6) is 0 Å². The fraction of sp³-hybridized carbons (Fsp3) is 0.312. The summed E-state index contributed by atoms with van der Waals surface area (Å²) in [4.78, 5) is 38.8. The van der Waals surface area contributed by atoms with Gasteiger partial charge in [0.1, 0.15) is 30.6 Å². The molecule has 3 N–H and O–H groups in total. The van der Waals surface area contributed by atoms with Crippen LogP contribution in [0.25, 0.3) is 0 Å². The molecule has 1 aliphatic heterocycles. The Morgan fingerprint density at radius 2 is 2.15 bits per heavy atom. The van der Waals surface area contributed by atoms with Crippen molar-refractivity contribution in [3.05, 3.63) is 42.1 Å². The number of aliphatic carboxylic acids is 1. The van der Waals surface area contributed by atoms with Crippen molar-refractivity contribution in [1.29, 1.82) is 0 Å². The molecule has 1 heterocycles. The number of carboxylic acids is 1. The van der Waals surface area contributed by atoms with Gasteiger partial charge in [0.05, 0.1) is 7.11 Å². The number of carbonyl (C=O) groups is 2. The Labute approximate surface area is 154 Å². The number of alkyl carbamates (subject to hydrolysis) is 1. The highest BCUT2D eigenvalue weighted by atomic mass is 16.7. The first-order valence-corrected chi connectivity index (χ1v) is 7.91. The molecule has 0 aliphatic carbocycles. The molecule has 0 fully saturated rings. The minimum Gasteiger partial charge on any atom is -0.480 e. The summed E-state index contributed by atoms with van der Waals surface area (Å²) in [5, 5.41) is 17.8. The number of hydrazine groups is 2. The van der Waals surface area contributed by atoms with Crippen molar-refractivity contribution >= 4 is 23.8 Å². The third-order valence-electron chi connectivity index (χ3n) is 3.53. The fourth-order valence-corrected chi connectivity index (χ4v) is 2.22. The van der Waals surface area contributed by atoms with Crippen LogP contribution in [0.4, 0.5) is 4.79 Å². The van der Waals surface area contributed by atoms with Crippen molar-refractivity contribution < 1.29 is 29.1 Å². The molecule has 1 aromatic carbocycles. The number of benzene rings is 1. The van der Waals surface area contributed by atoms with Gasteiger partial charge in [-0.15, -0.1) is 5.10 Å². The van der Waals surface area contributed by atoms with Crippen LogP contribution in [-0.2, 0) is 25.8 Å². The Kier molecular flexibility index (Phi) is 7.32. The number of hydrogen-bond acceptors (Lipinski definition) is 9. The van der Waals surface area contributed by atoms with Gasteiger partial charge in [-0.3, -0.25) is 4.84 Å². The number of ether oxygens (including phenoxy) is 1. The van der Waals surface area contributed by atoms with E-state index >= 15 is 0 Å². The molecular weight excluding hydrogens is 358 g/mol. The SMILES string of the molecule is CON1NN=C(CC[C@H](NC(=O)OCc2ccccc2)C(=O)O)N1C=C=O. The maximum Gasteiger partial charge on any atom is 0.408 e. The summed E-state index contributed by atoms with van der Waals surface area (Å²) in [6.45, 7) is 0.0242. The van der Waals surface area contributed by atoms with Gasteiger partial charge in [-0.1, -0.05) is 30.3 Å². The van der Waals surface area contributed by atoms with Crippen molar-refractivity contribution in [3.8, 4) is 0 Å². The number of carbonyl (C=O) groups excluding carboxylic acids is 2. The molecule has 0 radical (unpaired) electrons. The van der Waals surface area contributed by atoms with E-state index in [1.54, 1.807) is 30.2 Å². The Bertz CT molecular complexity index is 734. The quantitative estimate of drug-likeness (QED) is 0.523. The molecule has 1 aromatic rings. The van der Waals surface area contributed by atoms with Crippen molar-refractivity contribution in [2.75, 3.05) is 7.11 Å². The zero-order valence-electron chi connectivity index (χ0n) is 14.5. The molecule has 1 amide bonds. The van der Waals surface area contributed by atoms with Gasteiger partial charge in [-0.05, 0) is 12.0 Å². The average molecular weight is 377 g/mol. The molecule has 1 atom stereocenters. The first-order chi connectivity index (χ1) is 13.0. The first kappa shape index (κ1) is 19.9. The van der Waals surface area contributed by atoms with Crippen LogP contribution in [0.15, 0.2) is 41.6 Å². The van der Waals surface area contributed by atoms with Crippen molar-refractivity contribution in [1.82, 2.24) is 21.1 Å². The number of rotatable bonds is 9. The van der Waals surface area contributed by atoms with E-state index in [-0.39, 0.29) is 19.4 Å². The van der Waals surface area contributed by atoms with Gasteiger partial charge in [0.25, 0.3) is 0 Å². The second-order valence-corrected chi connectivity index (χ2v) is 5.31. The van der Waals surface area contributed by atoms with Crippen LogP contribution in [0.3, 0.4) is 0 Å². The molecule has 144 valence electrons. The maximum atomic E-state index is 11.9. The van der Waals surface area contributed by atoms with Gasteiger partial charge in [-0.25, -0.2) is 19.4 Å². The van der Waals surface area contributed by atoms with Crippen LogP contribution in [0.1, 0.15) is 18.4 Å². The molecule has 27 heavy (non-hydrogen) atoms. The molecular formula is C16H19N5O6. The zero-order valence-corrected chi connectivity index (χ0v) is 14.5. The topological polar surface area (TPSA) is 133 Å². The van der Waals surface area contributed by atoms with Gasteiger partial charge >= 0.3 is 12.1 Å². The summed E-state index contributed by atoms with van der Waals surface area (Å²) in [7, 11) is 1.35. The van der Waals surface area contributed by atoms with Crippen molar-refractivity contribution in [2.45, 2.75) is 25.5 Å². The van der Waals surface area contributed by atoms with E-state index in [9.17, 15) is 19.5 Å². The van der Waals surface area contributed by atoms with E-state index in [1.165, 1.54) is 12.1 Å². The molecule has 11 nitrogen and oxygen atoms in total. The highest BCUT2D eigenvalue weighted by Crippen LogP contribution is 2.11. The molecule has 0 spiro atoms. The lowest BCUT2D eigenvalue weighted by Gasteiger charge is -2.22. The van der Waals surface area contributed by atoms with Gasteiger partial charge < -0.3 is 15.2 Å². The lowest BCUT2D eigenvalue weighted by Crippen LogP contribution is -2.43. The standard InChI is InChI=1S/C16H19N5O6/c1-26-21-19-18-14(20(21)9-10-22)8-7-13(15(23)24)17-16(25)27-11-12-5-3-2-4-6-12/h2-6,9,13,19H,7-8,11H2,1H3,(H,17,25)(H,23,24)/t13-/m0/s1. The van der Waals surface area contributed by atoms with E-state index in [4.69, 9.17) is 9.57 Å². The third-order valence-corrected chi connectivity index (χ3v) is 3.53. The number of amidine groups is 1. The Morgan fingerprint density at radius 1 is 1.41 bits per heavy atom. The third kappa shape index (κ3) is 5.82. The molecule has 0 aromatic heterocycles. The van der Waals surface area contributed by atoms with E-state index < -0.39 is 18.1 Å². The predicted octanol–water partition coefficient (Wildman–Crippen LogP) is 0.404. The van der Waals surface area contributed by atoms with E-state index in [0.29, 0.717) is 5.84 Å². The second-order valence-electron chi connectivity index (χ2n) is 5.31. The number of hydrogen-bond donors (Lipinski definition) is 3. The summed E-state index contributed by atoms with van der Waals surface area (Å²) in [5.41, 5.74) is 3.26. The van der Waals surface area contributed by atoms with Gasteiger partial charge in [0, 0.05) is 11.7 Å². The van der Waals surface area contributed by atoms with E-state index in [1.807, 2.05) is 6.07 Å². The number of amides is 1. The fourth-order valence-electron chi connectivity index (χ4n) is 2.22. The van der Waals surface area contributed by atoms with Crippen LogP contribution in [-0.4, -0.2) is 52.4 Å². The Balaban J connectivity index is 1.87. The highest BCUT2D eigenvalue weighted by molar-refractivity contribution is 5.86. The van der Waals surface area contributed by atoms with E-state index in [2.05, 4.69) is 16.0 Å². The summed E-state index contributed by atoms with van der Waals surface area (Å²) in [6, 6.07) is 7.80. The normalized spacial score (nSPS) is 14.6. The second kappa shape index (κ2) is 9.92. The monoisotopic (exact) mass is 377 g/mol. The van der Waals surface area contributed by atoms with Crippen LogP contribution < -0.4 is 10.9 Å². The molecule has 0 saturated heterocycles. The summed E-state index contributed by atoms with van der Waals surface area (Å²) >= 11 is 0. The largest absolute Gasteiger partial charge is 0.480 e. The molecule has 1 aliphatic rings. The summed E-state index contributed by atoms with van der Waals surface area (Å²) in [5.74, 6) is 0.669. The summed E-state index contributed by atoms with van der Waals surface area (Å²) < 4.78 is 5.02. The van der Waals surface area contributed by atoms with Gasteiger partial charge in [0.2, 0.25) is 0 Å². The minimum absolute atomic E-state index is 0.0109. The lowest BCUT2D eigenvalue weighted by atomic mass is 10.1. The Morgan fingerprint density at radius 3 is 2.78 bits per heavy atom. The van der Waals surface area contributed by atoms with Gasteiger partial charge in [-0.2, -0.15) is 5.53 Å². The zero-order chi connectivity index (χ0) is 19.6. The Hall–Kier alpha value is -3.40. The molecule has 0 unspecified atom stereocenters. The minimum atomic E-state index is -1.22. The van der Waals surface area contributed by atoms with Gasteiger partial charge in [0.15, 0.2) is 0 Å². The molecule has 0 saturated carbocycles. The van der Waals surface area contributed by atoms with E-state index in [0.717, 1.165) is 17.0 Å². The smallest absolute Gasteiger partial charge is 0.408 e. The van der Waals surface area contributed by atoms with Crippen LogP contribution in [0.2, 0.25) is 0 Å². The predicted molar refractivity (Wildman–Crippen MR) is 91.9 cm³/mol. The number of hydrazone groups is 1. The number of nitrogens with one attached hydrogen (secondary N) is 2. The van der Waals surface area contributed by atoms with Crippen LogP contribution in [0, 0.1) is 0 Å². The number of carboxylic acid groups (broad SMARTS) is 1. The molecule has 2 rings (SSSR count). The van der Waals surface area contributed by atoms with Crippen LogP contribution >= 0.6 is 0 Å². The first-order valence-electron chi connectivity index (χ1n) is 7.91. The van der Waals surface area contributed by atoms with Crippen molar-refractivity contribution in [2.24, 2.45) is 5.10 Å². The summed E-state index contributed by atoms with van der Waals surface area (Å²) in [6.07, 6.45) is 0.318. The van der Waals surface area contributed by atoms with Crippen molar-refractivity contribution in [3.63, 3.8) is 0 Å².